The zero-order valence-electron chi connectivity index (χ0n) is 33.4. The van der Waals surface area contributed by atoms with Gasteiger partial charge in [-0.2, -0.15) is 0 Å². The smallest absolute Gasteiger partial charge is 0.0653 e. The van der Waals surface area contributed by atoms with Crippen molar-refractivity contribution in [3.8, 4) is 0 Å². The van der Waals surface area contributed by atoms with Crippen molar-refractivity contribution in [3.63, 3.8) is 0 Å². The first-order valence-corrected chi connectivity index (χ1v) is 19.2. The molecule has 268 valence electrons. The van der Waals surface area contributed by atoms with E-state index in [9.17, 15) is 0 Å². The molecule has 6 aliphatic rings. The van der Waals surface area contributed by atoms with E-state index in [1.54, 1.807) is 0 Å². The van der Waals surface area contributed by atoms with Crippen molar-refractivity contribution in [2.24, 2.45) is 11.8 Å². The van der Waals surface area contributed by atoms with Crippen LogP contribution >= 0.6 is 0 Å². The highest BCUT2D eigenvalue weighted by Crippen LogP contribution is 2.41. The lowest BCUT2D eigenvalue weighted by molar-refractivity contribution is -0.0748. The fraction of sp³-hybridized carbons (Fsp3) is 1.00. The molecule has 0 amide bonds. The molecule has 0 aromatic heterocycles. The summed E-state index contributed by atoms with van der Waals surface area (Å²) in [5.41, 5.74) is 0.364. The zero-order valence-corrected chi connectivity index (χ0v) is 33.4. The van der Waals surface area contributed by atoms with E-state index in [0.29, 0.717) is 17.5 Å². The third-order valence-corrected chi connectivity index (χ3v) is 9.67. The lowest BCUT2D eigenvalue weighted by Crippen LogP contribution is -2.56. The number of nitrogens with zero attached hydrogens (tertiary/aromatic N) is 4. The predicted octanol–water partition coefficient (Wildman–Crippen LogP) is 8.11. The Morgan fingerprint density at radius 1 is 0.682 bits per heavy atom. The van der Waals surface area contributed by atoms with Gasteiger partial charge in [0.15, 0.2) is 0 Å². The molecule has 6 bridgehead atoms. The molecule has 0 aromatic rings. The predicted molar refractivity (Wildman–Crippen MR) is 199 cm³/mol. The number of likely N-dealkylation sites (tertiary alicyclic amines) is 2. The highest BCUT2D eigenvalue weighted by molar-refractivity contribution is 5.03. The summed E-state index contributed by atoms with van der Waals surface area (Å²) in [4.78, 5) is 10.1. The van der Waals surface area contributed by atoms with Crippen LogP contribution in [-0.2, 0) is 4.74 Å². The van der Waals surface area contributed by atoms with Gasteiger partial charge in [-0.05, 0) is 78.0 Å². The van der Waals surface area contributed by atoms with E-state index in [2.05, 4.69) is 87.6 Å². The highest BCUT2D eigenvalue weighted by atomic mass is 16.5. The average molecular weight is 628 g/mol. The van der Waals surface area contributed by atoms with Crippen LogP contribution in [0.2, 0.25) is 0 Å². The first-order chi connectivity index (χ1) is 21.1. The molecular weight excluding hydrogens is 542 g/mol. The standard InChI is InChI=1S/C10H19NO.2C8H16N2.C4H10.4C2H6/c1-8(2)10-5-4-9(11(10)3)6-12-7-10;1-9-5-7-3-4-8(6-9)10(7)2;1-2-10-5-7-3-4-8(6-10)9-7;1-4(2)3;4*1-2/h8-9H,4-7H2,1-3H3;7-8H,3-6H2,1-2H3;7-9H,2-6H2,1H3;4H,1-3H3;4*1-2H3. The van der Waals surface area contributed by atoms with Gasteiger partial charge in [-0.15, -0.1) is 0 Å². The van der Waals surface area contributed by atoms with Gasteiger partial charge in [0.1, 0.15) is 0 Å². The van der Waals surface area contributed by atoms with Crippen LogP contribution in [0.1, 0.15) is 135 Å². The first-order valence-electron chi connectivity index (χ1n) is 19.2. The summed E-state index contributed by atoms with van der Waals surface area (Å²) in [5.74, 6) is 1.55. The van der Waals surface area contributed by atoms with Gasteiger partial charge < -0.3 is 19.9 Å². The van der Waals surface area contributed by atoms with Crippen LogP contribution in [0.25, 0.3) is 0 Å². The van der Waals surface area contributed by atoms with E-state index in [1.165, 1.54) is 71.2 Å². The second-order valence-electron chi connectivity index (χ2n) is 13.6. The summed E-state index contributed by atoms with van der Waals surface area (Å²) >= 11 is 0. The van der Waals surface area contributed by atoms with E-state index >= 15 is 0 Å². The summed E-state index contributed by atoms with van der Waals surface area (Å²) in [5, 5.41) is 3.61. The van der Waals surface area contributed by atoms with Crippen molar-refractivity contribution in [1.29, 1.82) is 0 Å². The second-order valence-corrected chi connectivity index (χ2v) is 13.6. The molecule has 0 spiro atoms. The quantitative estimate of drug-likeness (QED) is 0.333. The molecule has 6 heterocycles. The summed E-state index contributed by atoms with van der Waals surface area (Å²) < 4.78 is 5.65. The Kier molecular flexibility index (Phi) is 26.9. The van der Waals surface area contributed by atoms with Gasteiger partial charge in [0.2, 0.25) is 0 Å². The van der Waals surface area contributed by atoms with Crippen molar-refractivity contribution in [2.75, 3.05) is 67.1 Å². The minimum absolute atomic E-state index is 0.364. The summed E-state index contributed by atoms with van der Waals surface area (Å²) in [6, 6.07) is 4.06. The van der Waals surface area contributed by atoms with Crippen molar-refractivity contribution in [1.82, 2.24) is 24.9 Å². The Bertz CT molecular complexity index is 614. The van der Waals surface area contributed by atoms with Crippen molar-refractivity contribution >= 4 is 0 Å². The third kappa shape index (κ3) is 14.7. The van der Waals surface area contributed by atoms with Crippen LogP contribution < -0.4 is 5.32 Å². The van der Waals surface area contributed by atoms with Gasteiger partial charge in [-0.25, -0.2) is 0 Å². The van der Waals surface area contributed by atoms with E-state index in [0.717, 1.165) is 43.3 Å². The molecular formula is C38H85N5O. The van der Waals surface area contributed by atoms with Crippen molar-refractivity contribution < 1.29 is 4.74 Å². The topological polar surface area (TPSA) is 34.2 Å². The summed E-state index contributed by atoms with van der Waals surface area (Å²) in [6.07, 6.45) is 8.31. The van der Waals surface area contributed by atoms with Crippen LogP contribution in [0.15, 0.2) is 0 Å². The van der Waals surface area contributed by atoms with E-state index in [4.69, 9.17) is 4.74 Å². The zero-order chi connectivity index (χ0) is 34.5. The van der Waals surface area contributed by atoms with Crippen LogP contribution in [0.5, 0.6) is 0 Å². The molecule has 0 aliphatic carbocycles. The number of nitrogens with one attached hydrogen (secondary N) is 1. The number of hydrogen-bond acceptors (Lipinski definition) is 6. The fourth-order valence-electron chi connectivity index (χ4n) is 7.22. The largest absolute Gasteiger partial charge is 0.378 e. The molecule has 44 heavy (non-hydrogen) atoms. The molecule has 6 atom stereocenters. The molecule has 6 unspecified atom stereocenters. The van der Waals surface area contributed by atoms with Gasteiger partial charge in [0.25, 0.3) is 0 Å². The Balaban J connectivity index is 0. The van der Waals surface area contributed by atoms with Crippen molar-refractivity contribution in [3.05, 3.63) is 0 Å². The minimum Gasteiger partial charge on any atom is -0.378 e. The molecule has 6 aliphatic heterocycles. The maximum Gasteiger partial charge on any atom is 0.0653 e. The average Bonchev–Trinajstić information content (AvgIpc) is 3.52. The fourth-order valence-corrected chi connectivity index (χ4v) is 7.22. The first kappa shape index (κ1) is 45.9. The monoisotopic (exact) mass is 628 g/mol. The lowest BCUT2D eigenvalue weighted by Gasteiger charge is -2.45. The molecule has 6 fully saturated rings. The third-order valence-electron chi connectivity index (χ3n) is 9.67. The Morgan fingerprint density at radius 3 is 1.52 bits per heavy atom. The van der Waals surface area contributed by atoms with Crippen LogP contribution in [0.4, 0.5) is 0 Å². The van der Waals surface area contributed by atoms with E-state index in [-0.39, 0.29) is 0 Å². The maximum absolute atomic E-state index is 5.65. The number of likely N-dealkylation sites (N-methyl/N-ethyl adjacent to an activating group) is 4. The number of ether oxygens (including phenoxy) is 1. The Hall–Kier alpha value is -0.240. The van der Waals surface area contributed by atoms with E-state index in [1.807, 2.05) is 55.4 Å². The Morgan fingerprint density at radius 2 is 1.14 bits per heavy atom. The minimum atomic E-state index is 0.364. The van der Waals surface area contributed by atoms with Crippen LogP contribution in [0.3, 0.4) is 0 Å². The highest BCUT2D eigenvalue weighted by Gasteiger charge is 2.49. The molecule has 6 heteroatoms. The molecule has 1 N–H and O–H groups in total. The van der Waals surface area contributed by atoms with Gasteiger partial charge in [-0.1, -0.05) is 96.9 Å². The molecule has 6 saturated heterocycles. The molecule has 0 aromatic carbocycles. The normalized spacial score (nSPS) is 31.8. The van der Waals surface area contributed by atoms with E-state index < -0.39 is 0 Å². The SMILES string of the molecule is CC.CC.CC.CC.CC(C)C.CC(C)C12CCC(COC1)N2C.CCN1CC2CCC(C1)N2.CN1CC2CCC(C1)N2C. The maximum atomic E-state index is 5.65. The number of piperazine rings is 2. The van der Waals surface area contributed by atoms with Gasteiger partial charge in [-0.3, -0.25) is 9.80 Å². The molecule has 0 saturated carbocycles. The summed E-state index contributed by atoms with van der Waals surface area (Å²) in [7, 11) is 6.77. The summed E-state index contributed by atoms with van der Waals surface area (Å²) in [6.45, 7) is 37.6. The van der Waals surface area contributed by atoms with Crippen molar-refractivity contribution in [2.45, 2.75) is 171 Å². The number of morpholine rings is 1. The second kappa shape index (κ2) is 25.8. The molecule has 0 radical (unpaired) electrons. The van der Waals surface area contributed by atoms with Crippen LogP contribution in [-0.4, -0.2) is 122 Å². The number of fused-ring (bicyclic) bond motifs is 6. The van der Waals surface area contributed by atoms with Gasteiger partial charge >= 0.3 is 0 Å². The molecule has 6 rings (SSSR count). The lowest BCUT2D eigenvalue weighted by atomic mass is 9.85. The number of hydrogen-bond donors (Lipinski definition) is 1. The van der Waals surface area contributed by atoms with Gasteiger partial charge in [0, 0.05) is 61.9 Å². The molecule has 6 nitrogen and oxygen atoms in total. The Labute approximate surface area is 279 Å². The van der Waals surface area contributed by atoms with Gasteiger partial charge in [0.05, 0.1) is 13.2 Å². The number of rotatable bonds is 2. The van der Waals surface area contributed by atoms with Crippen LogP contribution in [0, 0.1) is 11.8 Å².